The van der Waals surface area contributed by atoms with Crippen molar-refractivity contribution in [3.8, 4) is 5.75 Å². The molecule has 1 heterocycles. The summed E-state index contributed by atoms with van der Waals surface area (Å²) in [6.45, 7) is 0. The van der Waals surface area contributed by atoms with E-state index in [1.54, 1.807) is 6.07 Å². The summed E-state index contributed by atoms with van der Waals surface area (Å²) in [5.74, 6) is -0.331. The van der Waals surface area contributed by atoms with Crippen LogP contribution in [0.3, 0.4) is 0 Å². The van der Waals surface area contributed by atoms with Crippen LogP contribution in [0.15, 0.2) is 12.3 Å². The van der Waals surface area contributed by atoms with Gasteiger partial charge in [-0.05, 0) is 0 Å². The van der Waals surface area contributed by atoms with E-state index in [1.165, 1.54) is 13.3 Å². The number of hydrogen-bond acceptors (Lipinski definition) is 3. The highest BCUT2D eigenvalue weighted by Crippen LogP contribution is 2.21. The van der Waals surface area contributed by atoms with Crippen LogP contribution in [0, 0.1) is 0 Å². The van der Waals surface area contributed by atoms with E-state index < -0.39 is 5.97 Å². The SMILES string of the molecule is COc1cc(Cl)cnc1CCC(=O)O. The van der Waals surface area contributed by atoms with E-state index in [1.807, 2.05) is 0 Å². The summed E-state index contributed by atoms with van der Waals surface area (Å²) in [6, 6.07) is 1.62. The molecule has 0 saturated carbocycles. The molecule has 0 saturated heterocycles. The largest absolute Gasteiger partial charge is 0.495 e. The Kier molecular flexibility index (Phi) is 3.71. The van der Waals surface area contributed by atoms with Gasteiger partial charge in [0.2, 0.25) is 0 Å². The number of pyridine rings is 1. The molecule has 0 aliphatic rings. The number of nitrogens with zero attached hydrogens (tertiary/aromatic N) is 1. The van der Waals surface area contributed by atoms with E-state index in [2.05, 4.69) is 4.98 Å². The Morgan fingerprint density at radius 1 is 1.71 bits per heavy atom. The van der Waals surface area contributed by atoms with Gasteiger partial charge in [-0.25, -0.2) is 0 Å². The van der Waals surface area contributed by atoms with Gasteiger partial charge >= 0.3 is 5.97 Å². The van der Waals surface area contributed by atoms with Gasteiger partial charge in [0, 0.05) is 18.7 Å². The minimum atomic E-state index is -0.858. The molecule has 0 atom stereocenters. The zero-order valence-corrected chi connectivity index (χ0v) is 8.41. The van der Waals surface area contributed by atoms with Crippen LogP contribution in [0.5, 0.6) is 5.75 Å². The first kappa shape index (κ1) is 10.8. The zero-order valence-electron chi connectivity index (χ0n) is 7.66. The molecule has 0 bridgehead atoms. The van der Waals surface area contributed by atoms with Crippen molar-refractivity contribution in [3.63, 3.8) is 0 Å². The van der Waals surface area contributed by atoms with Crippen molar-refractivity contribution in [2.75, 3.05) is 7.11 Å². The molecule has 1 aromatic heterocycles. The van der Waals surface area contributed by atoms with Crippen LogP contribution in [0.25, 0.3) is 0 Å². The maximum absolute atomic E-state index is 10.3. The highest BCUT2D eigenvalue weighted by Gasteiger charge is 2.07. The minimum Gasteiger partial charge on any atom is -0.495 e. The third-order valence-electron chi connectivity index (χ3n) is 1.69. The lowest BCUT2D eigenvalue weighted by Gasteiger charge is -2.05. The van der Waals surface area contributed by atoms with Crippen LogP contribution in [0.1, 0.15) is 12.1 Å². The van der Waals surface area contributed by atoms with Gasteiger partial charge in [-0.2, -0.15) is 0 Å². The van der Waals surface area contributed by atoms with E-state index in [0.717, 1.165) is 0 Å². The third kappa shape index (κ3) is 2.88. The molecule has 0 fully saturated rings. The molecular formula is C9H10ClNO3. The smallest absolute Gasteiger partial charge is 0.303 e. The summed E-state index contributed by atoms with van der Waals surface area (Å²) < 4.78 is 5.02. The summed E-state index contributed by atoms with van der Waals surface area (Å²) in [5, 5.41) is 8.97. The molecule has 1 N–H and O–H groups in total. The summed E-state index contributed by atoms with van der Waals surface area (Å²) in [5.41, 5.74) is 0.610. The number of carbonyl (C=O) groups is 1. The van der Waals surface area contributed by atoms with Crippen molar-refractivity contribution >= 4 is 17.6 Å². The Balaban J connectivity index is 2.80. The molecule has 5 heteroatoms. The van der Waals surface area contributed by atoms with Crippen molar-refractivity contribution in [3.05, 3.63) is 23.0 Å². The number of methoxy groups -OCH3 is 1. The summed E-state index contributed by atoms with van der Waals surface area (Å²) >= 11 is 5.70. The van der Waals surface area contributed by atoms with Crippen LogP contribution < -0.4 is 4.74 Å². The number of ether oxygens (including phenoxy) is 1. The van der Waals surface area contributed by atoms with Crippen molar-refractivity contribution in [1.82, 2.24) is 4.98 Å². The number of carboxylic acids is 1. The maximum atomic E-state index is 10.3. The fourth-order valence-electron chi connectivity index (χ4n) is 1.04. The highest BCUT2D eigenvalue weighted by atomic mass is 35.5. The lowest BCUT2D eigenvalue weighted by molar-refractivity contribution is -0.136. The molecule has 1 rings (SSSR count). The summed E-state index contributed by atoms with van der Waals surface area (Å²) in [7, 11) is 1.50. The highest BCUT2D eigenvalue weighted by molar-refractivity contribution is 6.30. The van der Waals surface area contributed by atoms with Gasteiger partial charge in [0.1, 0.15) is 5.75 Å². The molecule has 0 spiro atoms. The molecule has 1 aromatic rings. The van der Waals surface area contributed by atoms with E-state index >= 15 is 0 Å². The fraction of sp³-hybridized carbons (Fsp3) is 0.333. The number of halogens is 1. The number of aryl methyl sites for hydroxylation is 1. The van der Waals surface area contributed by atoms with Crippen LogP contribution in [0.4, 0.5) is 0 Å². The molecule has 76 valence electrons. The van der Waals surface area contributed by atoms with Crippen molar-refractivity contribution in [1.29, 1.82) is 0 Å². The molecule has 0 unspecified atom stereocenters. The molecule has 14 heavy (non-hydrogen) atoms. The number of rotatable bonds is 4. The molecule has 0 aliphatic carbocycles. The lowest BCUT2D eigenvalue weighted by Crippen LogP contribution is -2.01. The Bertz CT molecular complexity index is 341. The van der Waals surface area contributed by atoms with Crippen molar-refractivity contribution in [2.24, 2.45) is 0 Å². The Hall–Kier alpha value is -1.29. The van der Waals surface area contributed by atoms with E-state index in [0.29, 0.717) is 22.9 Å². The second kappa shape index (κ2) is 4.81. The molecule has 0 amide bonds. The molecule has 0 aromatic carbocycles. The van der Waals surface area contributed by atoms with Crippen LogP contribution in [0.2, 0.25) is 5.02 Å². The average molecular weight is 216 g/mol. The second-order valence-electron chi connectivity index (χ2n) is 2.70. The van der Waals surface area contributed by atoms with Gasteiger partial charge < -0.3 is 9.84 Å². The van der Waals surface area contributed by atoms with E-state index in [-0.39, 0.29) is 6.42 Å². The van der Waals surface area contributed by atoms with Crippen molar-refractivity contribution < 1.29 is 14.6 Å². The van der Waals surface area contributed by atoms with Crippen molar-refractivity contribution in [2.45, 2.75) is 12.8 Å². The Morgan fingerprint density at radius 2 is 2.43 bits per heavy atom. The van der Waals surface area contributed by atoms with E-state index in [9.17, 15) is 4.79 Å². The first-order valence-electron chi connectivity index (χ1n) is 4.03. The predicted molar refractivity (Wildman–Crippen MR) is 51.8 cm³/mol. The number of hydrogen-bond donors (Lipinski definition) is 1. The monoisotopic (exact) mass is 215 g/mol. The van der Waals surface area contributed by atoms with Crippen LogP contribution in [-0.2, 0) is 11.2 Å². The standard InChI is InChI=1S/C9H10ClNO3/c1-14-8-4-6(10)5-11-7(8)2-3-9(12)13/h4-5H,2-3H2,1H3,(H,12,13). The molecule has 0 radical (unpaired) electrons. The summed E-state index contributed by atoms with van der Waals surface area (Å²) in [6.07, 6.45) is 1.85. The zero-order chi connectivity index (χ0) is 10.6. The Labute approximate surface area is 86.5 Å². The van der Waals surface area contributed by atoms with Gasteiger partial charge in [0.15, 0.2) is 0 Å². The number of aliphatic carboxylic acids is 1. The van der Waals surface area contributed by atoms with Gasteiger partial charge in [-0.3, -0.25) is 9.78 Å². The molecule has 0 aliphatic heterocycles. The van der Waals surface area contributed by atoms with Crippen LogP contribution >= 0.6 is 11.6 Å². The third-order valence-corrected chi connectivity index (χ3v) is 1.90. The maximum Gasteiger partial charge on any atom is 0.303 e. The minimum absolute atomic E-state index is 0.0327. The molecule has 4 nitrogen and oxygen atoms in total. The van der Waals surface area contributed by atoms with Gasteiger partial charge in [0.25, 0.3) is 0 Å². The number of carboxylic acid groups (broad SMARTS) is 1. The van der Waals surface area contributed by atoms with E-state index in [4.69, 9.17) is 21.4 Å². The fourth-order valence-corrected chi connectivity index (χ4v) is 1.19. The predicted octanol–water partition coefficient (Wildman–Crippen LogP) is 1.76. The Morgan fingerprint density at radius 3 is 3.00 bits per heavy atom. The van der Waals surface area contributed by atoms with Gasteiger partial charge in [-0.1, -0.05) is 11.6 Å². The quantitative estimate of drug-likeness (QED) is 0.832. The van der Waals surface area contributed by atoms with Crippen LogP contribution in [-0.4, -0.2) is 23.2 Å². The second-order valence-corrected chi connectivity index (χ2v) is 3.13. The summed E-state index contributed by atoms with van der Waals surface area (Å²) in [4.78, 5) is 14.3. The van der Waals surface area contributed by atoms with Gasteiger partial charge in [0.05, 0.1) is 24.2 Å². The molecular weight excluding hydrogens is 206 g/mol. The van der Waals surface area contributed by atoms with Gasteiger partial charge in [-0.15, -0.1) is 0 Å². The lowest BCUT2D eigenvalue weighted by atomic mass is 10.2. The number of aromatic nitrogens is 1. The first-order valence-corrected chi connectivity index (χ1v) is 4.41. The first-order chi connectivity index (χ1) is 6.63. The average Bonchev–Trinajstić information content (AvgIpc) is 2.15. The topological polar surface area (TPSA) is 59.4 Å². The normalized spacial score (nSPS) is 9.86.